The molecule has 0 saturated heterocycles. The second-order valence-electron chi connectivity index (χ2n) is 3.72. The summed E-state index contributed by atoms with van der Waals surface area (Å²) in [6.45, 7) is 1.79. The minimum absolute atomic E-state index is 0.112. The minimum atomic E-state index is -0.411. The summed E-state index contributed by atoms with van der Waals surface area (Å²) in [5, 5.41) is -0.112. The highest BCUT2D eigenvalue weighted by molar-refractivity contribution is 7.80. The maximum Gasteiger partial charge on any atom is 0.268 e. The van der Waals surface area contributed by atoms with Crippen molar-refractivity contribution in [2.45, 2.75) is 6.92 Å². The zero-order chi connectivity index (χ0) is 13.8. The van der Waals surface area contributed by atoms with Crippen LogP contribution in [0, 0.1) is 6.92 Å². The van der Waals surface area contributed by atoms with Gasteiger partial charge in [0, 0.05) is 24.3 Å². The Morgan fingerprint density at radius 1 is 1.37 bits per heavy atom. The Morgan fingerprint density at radius 2 is 2.16 bits per heavy atom. The number of carbonyl (C=O) groups is 1. The van der Waals surface area contributed by atoms with Crippen molar-refractivity contribution < 1.29 is 4.79 Å². The molecule has 96 valence electrons. The third-order valence-corrected chi connectivity index (χ3v) is 2.50. The van der Waals surface area contributed by atoms with E-state index in [1.54, 1.807) is 37.5 Å². The van der Waals surface area contributed by atoms with Crippen LogP contribution in [0.5, 0.6) is 0 Å². The van der Waals surface area contributed by atoms with Gasteiger partial charge in [-0.05, 0) is 37.3 Å². The first kappa shape index (κ1) is 13.0. The Hall–Kier alpha value is -2.41. The lowest BCUT2D eigenvalue weighted by Gasteiger charge is -2.18. The summed E-state index contributed by atoms with van der Waals surface area (Å²) in [6, 6.07) is 4.99. The highest BCUT2D eigenvalue weighted by atomic mass is 32.1. The number of carbonyl (C=O) groups excluding carboxylic acids is 1. The molecule has 2 N–H and O–H groups in total. The third kappa shape index (κ3) is 2.89. The largest absolute Gasteiger partial charge is 0.375 e. The summed E-state index contributed by atoms with van der Waals surface area (Å²) in [6.07, 6.45) is 4.55. The van der Waals surface area contributed by atoms with Crippen LogP contribution in [0.4, 0.5) is 5.95 Å². The van der Waals surface area contributed by atoms with Crippen LogP contribution in [0.1, 0.15) is 16.1 Å². The Morgan fingerprint density at radius 3 is 2.74 bits per heavy atom. The first-order valence-corrected chi connectivity index (χ1v) is 5.84. The van der Waals surface area contributed by atoms with E-state index in [4.69, 9.17) is 18.0 Å². The molecule has 0 aliphatic heterocycles. The van der Waals surface area contributed by atoms with Crippen molar-refractivity contribution in [1.29, 1.82) is 0 Å². The first-order valence-electron chi connectivity index (χ1n) is 5.43. The SMILES string of the molecule is Cc1ccnc(N(C(=O)c2cccnc2)C(N)=S)n1. The highest BCUT2D eigenvalue weighted by Gasteiger charge is 2.22. The second kappa shape index (κ2) is 5.49. The van der Waals surface area contributed by atoms with Crippen molar-refractivity contribution >= 4 is 29.2 Å². The van der Waals surface area contributed by atoms with Gasteiger partial charge in [0.05, 0.1) is 5.56 Å². The van der Waals surface area contributed by atoms with Gasteiger partial charge in [0.15, 0.2) is 5.11 Å². The van der Waals surface area contributed by atoms with Crippen LogP contribution in [0.3, 0.4) is 0 Å². The molecule has 0 spiro atoms. The van der Waals surface area contributed by atoms with Crippen molar-refractivity contribution in [1.82, 2.24) is 15.0 Å². The number of anilines is 1. The smallest absolute Gasteiger partial charge is 0.268 e. The van der Waals surface area contributed by atoms with Gasteiger partial charge in [-0.3, -0.25) is 9.78 Å². The van der Waals surface area contributed by atoms with Crippen LogP contribution in [-0.4, -0.2) is 26.0 Å². The molecule has 6 nitrogen and oxygen atoms in total. The van der Waals surface area contributed by atoms with Gasteiger partial charge < -0.3 is 5.73 Å². The highest BCUT2D eigenvalue weighted by Crippen LogP contribution is 2.12. The first-order chi connectivity index (χ1) is 9.09. The molecule has 0 bridgehead atoms. The molecule has 0 aliphatic rings. The van der Waals surface area contributed by atoms with Crippen LogP contribution in [0.15, 0.2) is 36.8 Å². The maximum atomic E-state index is 12.3. The Bertz CT molecular complexity index is 617. The van der Waals surface area contributed by atoms with E-state index in [0.717, 1.165) is 4.90 Å². The number of hydrogen-bond donors (Lipinski definition) is 1. The fraction of sp³-hybridized carbons (Fsp3) is 0.0833. The number of amides is 1. The van der Waals surface area contributed by atoms with Crippen LogP contribution in [0.25, 0.3) is 0 Å². The van der Waals surface area contributed by atoms with Crippen LogP contribution in [0.2, 0.25) is 0 Å². The molecule has 0 atom stereocenters. The average Bonchev–Trinajstić information content (AvgIpc) is 2.39. The van der Waals surface area contributed by atoms with Gasteiger partial charge >= 0.3 is 0 Å². The van der Waals surface area contributed by atoms with E-state index < -0.39 is 5.91 Å². The summed E-state index contributed by atoms with van der Waals surface area (Å²) in [4.78, 5) is 25.5. The van der Waals surface area contributed by atoms with Gasteiger partial charge in [-0.15, -0.1) is 0 Å². The molecule has 0 aliphatic carbocycles. The molecule has 19 heavy (non-hydrogen) atoms. The predicted octanol–water partition coefficient (Wildman–Crippen LogP) is 1.07. The van der Waals surface area contributed by atoms with Crippen LogP contribution in [-0.2, 0) is 0 Å². The monoisotopic (exact) mass is 273 g/mol. The molecule has 0 saturated carbocycles. The van der Waals surface area contributed by atoms with Gasteiger partial charge in [0.25, 0.3) is 5.91 Å². The molecule has 2 aromatic rings. The van der Waals surface area contributed by atoms with Crippen molar-refractivity contribution in [2.75, 3.05) is 4.90 Å². The van der Waals surface area contributed by atoms with E-state index >= 15 is 0 Å². The van der Waals surface area contributed by atoms with E-state index in [0.29, 0.717) is 11.3 Å². The lowest BCUT2D eigenvalue weighted by molar-refractivity contribution is 0.100. The van der Waals surface area contributed by atoms with E-state index in [2.05, 4.69) is 15.0 Å². The normalized spacial score (nSPS) is 9.95. The number of aryl methyl sites for hydroxylation is 1. The summed E-state index contributed by atoms with van der Waals surface area (Å²) < 4.78 is 0. The molecular weight excluding hydrogens is 262 g/mol. The van der Waals surface area contributed by atoms with Crippen LogP contribution >= 0.6 is 12.2 Å². The number of nitrogens with two attached hydrogens (primary N) is 1. The van der Waals surface area contributed by atoms with Crippen molar-refractivity contribution in [3.05, 3.63) is 48.0 Å². The lowest BCUT2D eigenvalue weighted by atomic mass is 10.2. The Labute approximate surface area is 115 Å². The van der Waals surface area contributed by atoms with Crippen LogP contribution < -0.4 is 10.6 Å². The molecule has 0 unspecified atom stereocenters. The molecule has 2 heterocycles. The van der Waals surface area contributed by atoms with Gasteiger partial charge in [-0.25, -0.2) is 14.9 Å². The number of hydrogen-bond acceptors (Lipinski definition) is 5. The van der Waals surface area contributed by atoms with Crippen molar-refractivity contribution in [3.8, 4) is 0 Å². The maximum absolute atomic E-state index is 12.3. The number of nitrogens with zero attached hydrogens (tertiary/aromatic N) is 4. The van der Waals surface area contributed by atoms with Gasteiger partial charge in [-0.2, -0.15) is 0 Å². The zero-order valence-electron chi connectivity index (χ0n) is 10.1. The molecule has 2 aromatic heterocycles. The van der Waals surface area contributed by atoms with E-state index in [9.17, 15) is 4.79 Å². The minimum Gasteiger partial charge on any atom is -0.375 e. The fourth-order valence-electron chi connectivity index (χ4n) is 1.45. The molecular formula is C12H11N5OS. The second-order valence-corrected chi connectivity index (χ2v) is 4.14. The fourth-order valence-corrected chi connectivity index (χ4v) is 1.62. The zero-order valence-corrected chi connectivity index (χ0v) is 11.0. The van der Waals surface area contributed by atoms with Gasteiger partial charge in [0.2, 0.25) is 5.95 Å². The Kier molecular flexibility index (Phi) is 3.76. The van der Waals surface area contributed by atoms with E-state index in [1.807, 2.05) is 0 Å². The Balaban J connectivity index is 2.42. The van der Waals surface area contributed by atoms with Gasteiger partial charge in [0.1, 0.15) is 0 Å². The number of aromatic nitrogens is 3. The van der Waals surface area contributed by atoms with Gasteiger partial charge in [-0.1, -0.05) is 0 Å². The molecule has 1 amide bonds. The number of thiocarbonyl (C=S) groups is 1. The number of rotatable bonds is 2. The molecule has 7 heteroatoms. The summed E-state index contributed by atoms with van der Waals surface area (Å²) in [5.74, 6) is -0.257. The quantitative estimate of drug-likeness (QED) is 0.824. The summed E-state index contributed by atoms with van der Waals surface area (Å²) in [7, 11) is 0. The molecule has 0 fully saturated rings. The topological polar surface area (TPSA) is 85.0 Å². The van der Waals surface area contributed by atoms with Crippen molar-refractivity contribution in [2.24, 2.45) is 5.73 Å². The molecule has 2 rings (SSSR count). The average molecular weight is 273 g/mol. The predicted molar refractivity (Wildman–Crippen MR) is 74.6 cm³/mol. The number of pyridine rings is 1. The molecule has 0 aromatic carbocycles. The van der Waals surface area contributed by atoms with E-state index in [1.165, 1.54) is 6.20 Å². The summed E-state index contributed by atoms with van der Waals surface area (Å²) in [5.41, 5.74) is 6.67. The lowest BCUT2D eigenvalue weighted by Crippen LogP contribution is -2.41. The summed E-state index contributed by atoms with van der Waals surface area (Å²) >= 11 is 4.90. The van der Waals surface area contributed by atoms with E-state index in [-0.39, 0.29) is 11.1 Å². The third-order valence-electron chi connectivity index (χ3n) is 2.31. The standard InChI is InChI=1S/C12H11N5OS/c1-8-4-6-15-12(16-8)17(11(13)19)10(18)9-3-2-5-14-7-9/h2-7H,1H3,(H2,13,19). The molecule has 0 radical (unpaired) electrons. The van der Waals surface area contributed by atoms with Crippen molar-refractivity contribution in [3.63, 3.8) is 0 Å².